The van der Waals surface area contributed by atoms with Gasteiger partial charge in [-0.25, -0.2) is 0 Å². The Hall–Kier alpha value is -1.39. The molecule has 4 heteroatoms. The molecule has 20 heavy (non-hydrogen) atoms. The summed E-state index contributed by atoms with van der Waals surface area (Å²) < 4.78 is 11.4. The molecule has 0 aromatic heterocycles. The van der Waals surface area contributed by atoms with E-state index < -0.39 is 0 Å². The SMILES string of the molecule is CC(=O)c1cccc(OCCN2C[C@@H](C)O[C@@H](C)C2)c1. The highest BCUT2D eigenvalue weighted by Gasteiger charge is 2.21. The van der Waals surface area contributed by atoms with Gasteiger partial charge in [-0.2, -0.15) is 0 Å². The Labute approximate surface area is 120 Å². The standard InChI is InChI=1S/C16H23NO3/c1-12-10-17(11-13(2)20-12)7-8-19-16-6-4-5-15(9-16)14(3)18/h4-6,9,12-13H,7-8,10-11H2,1-3H3/t12-,13+. The third kappa shape index (κ3) is 4.32. The van der Waals surface area contributed by atoms with Crippen molar-refractivity contribution in [1.82, 2.24) is 4.90 Å². The van der Waals surface area contributed by atoms with Gasteiger partial charge in [0.15, 0.2) is 5.78 Å². The molecule has 0 bridgehead atoms. The second kappa shape index (κ2) is 6.86. The maximum absolute atomic E-state index is 11.3. The van der Waals surface area contributed by atoms with E-state index in [1.54, 1.807) is 19.1 Å². The maximum Gasteiger partial charge on any atom is 0.159 e. The van der Waals surface area contributed by atoms with E-state index in [9.17, 15) is 4.79 Å². The summed E-state index contributed by atoms with van der Waals surface area (Å²) in [7, 11) is 0. The fraction of sp³-hybridized carbons (Fsp3) is 0.562. The zero-order chi connectivity index (χ0) is 14.5. The van der Waals surface area contributed by atoms with E-state index in [2.05, 4.69) is 18.7 Å². The van der Waals surface area contributed by atoms with Crippen LogP contribution >= 0.6 is 0 Å². The molecule has 1 aromatic rings. The number of morpholine rings is 1. The number of carbonyl (C=O) groups excluding carboxylic acids is 1. The molecule has 0 N–H and O–H groups in total. The van der Waals surface area contributed by atoms with Crippen molar-refractivity contribution >= 4 is 5.78 Å². The lowest BCUT2D eigenvalue weighted by Crippen LogP contribution is -2.46. The van der Waals surface area contributed by atoms with Crippen molar-refractivity contribution < 1.29 is 14.3 Å². The minimum atomic E-state index is 0.0614. The van der Waals surface area contributed by atoms with Gasteiger partial charge in [0.05, 0.1) is 12.2 Å². The van der Waals surface area contributed by atoms with Crippen LogP contribution in [0.5, 0.6) is 5.75 Å². The minimum Gasteiger partial charge on any atom is -0.492 e. The van der Waals surface area contributed by atoms with E-state index in [4.69, 9.17) is 9.47 Å². The molecule has 1 heterocycles. The second-order valence-electron chi connectivity index (χ2n) is 5.45. The average Bonchev–Trinajstić information content (AvgIpc) is 2.38. The minimum absolute atomic E-state index is 0.0614. The monoisotopic (exact) mass is 277 g/mol. The quantitative estimate of drug-likeness (QED) is 0.775. The molecular weight excluding hydrogens is 254 g/mol. The molecule has 0 spiro atoms. The Morgan fingerprint density at radius 2 is 2.05 bits per heavy atom. The molecule has 4 nitrogen and oxygen atoms in total. The number of hydrogen-bond donors (Lipinski definition) is 0. The number of hydrogen-bond acceptors (Lipinski definition) is 4. The average molecular weight is 277 g/mol. The molecule has 0 amide bonds. The summed E-state index contributed by atoms with van der Waals surface area (Å²) in [5.41, 5.74) is 0.691. The van der Waals surface area contributed by atoms with Gasteiger partial charge in [-0.3, -0.25) is 9.69 Å². The van der Waals surface area contributed by atoms with E-state index >= 15 is 0 Å². The molecule has 0 saturated carbocycles. The normalized spacial score (nSPS) is 23.6. The smallest absolute Gasteiger partial charge is 0.159 e. The van der Waals surface area contributed by atoms with Crippen molar-refractivity contribution in [1.29, 1.82) is 0 Å². The lowest BCUT2D eigenvalue weighted by atomic mass is 10.1. The highest BCUT2D eigenvalue weighted by Crippen LogP contribution is 2.14. The second-order valence-corrected chi connectivity index (χ2v) is 5.45. The van der Waals surface area contributed by atoms with Crippen molar-refractivity contribution in [2.24, 2.45) is 0 Å². The van der Waals surface area contributed by atoms with Crippen molar-refractivity contribution in [3.63, 3.8) is 0 Å². The van der Waals surface area contributed by atoms with Gasteiger partial charge in [-0.15, -0.1) is 0 Å². The van der Waals surface area contributed by atoms with E-state index in [0.29, 0.717) is 12.2 Å². The van der Waals surface area contributed by atoms with Crippen LogP contribution in [0.25, 0.3) is 0 Å². The summed E-state index contributed by atoms with van der Waals surface area (Å²) in [6, 6.07) is 7.34. The summed E-state index contributed by atoms with van der Waals surface area (Å²) in [5.74, 6) is 0.818. The molecule has 1 aliphatic rings. The Bertz CT molecular complexity index is 451. The Balaban J connectivity index is 1.81. The predicted molar refractivity (Wildman–Crippen MR) is 78.4 cm³/mol. The lowest BCUT2D eigenvalue weighted by molar-refractivity contribution is -0.0699. The number of benzene rings is 1. The molecule has 0 radical (unpaired) electrons. The number of carbonyl (C=O) groups is 1. The Morgan fingerprint density at radius 1 is 1.35 bits per heavy atom. The van der Waals surface area contributed by atoms with Crippen LogP contribution in [0.2, 0.25) is 0 Å². The van der Waals surface area contributed by atoms with Gasteiger partial charge < -0.3 is 9.47 Å². The number of nitrogens with zero attached hydrogens (tertiary/aromatic N) is 1. The van der Waals surface area contributed by atoms with Crippen LogP contribution in [0.15, 0.2) is 24.3 Å². The van der Waals surface area contributed by atoms with Crippen LogP contribution in [0.3, 0.4) is 0 Å². The van der Waals surface area contributed by atoms with E-state index in [0.717, 1.165) is 25.4 Å². The summed E-state index contributed by atoms with van der Waals surface area (Å²) >= 11 is 0. The first-order chi connectivity index (χ1) is 9.54. The zero-order valence-electron chi connectivity index (χ0n) is 12.5. The highest BCUT2D eigenvalue weighted by molar-refractivity contribution is 5.94. The first-order valence-electron chi connectivity index (χ1n) is 7.16. The molecule has 1 aromatic carbocycles. The number of ketones is 1. The molecule has 110 valence electrons. The molecule has 0 unspecified atom stereocenters. The van der Waals surface area contributed by atoms with Crippen LogP contribution in [0.1, 0.15) is 31.1 Å². The first-order valence-corrected chi connectivity index (χ1v) is 7.16. The largest absolute Gasteiger partial charge is 0.492 e. The van der Waals surface area contributed by atoms with Gasteiger partial charge in [0.1, 0.15) is 12.4 Å². The Morgan fingerprint density at radius 3 is 2.70 bits per heavy atom. The topological polar surface area (TPSA) is 38.8 Å². The van der Waals surface area contributed by atoms with Crippen LogP contribution in [0, 0.1) is 0 Å². The number of Topliss-reactive ketones (excluding diaryl/α,β-unsaturated/α-hetero) is 1. The lowest BCUT2D eigenvalue weighted by Gasteiger charge is -2.35. The van der Waals surface area contributed by atoms with Crippen LogP contribution in [0.4, 0.5) is 0 Å². The molecule has 1 aliphatic heterocycles. The van der Waals surface area contributed by atoms with Crippen molar-refractivity contribution in [3.8, 4) is 5.75 Å². The number of rotatable bonds is 5. The zero-order valence-corrected chi connectivity index (χ0v) is 12.5. The predicted octanol–water partition coefficient (Wildman–Crippen LogP) is 2.38. The molecule has 2 rings (SSSR count). The van der Waals surface area contributed by atoms with Crippen molar-refractivity contribution in [2.75, 3.05) is 26.2 Å². The van der Waals surface area contributed by atoms with Crippen LogP contribution < -0.4 is 4.74 Å². The summed E-state index contributed by atoms with van der Waals surface area (Å²) in [6.07, 6.45) is 0.555. The summed E-state index contributed by atoms with van der Waals surface area (Å²) in [4.78, 5) is 13.7. The van der Waals surface area contributed by atoms with Crippen LogP contribution in [-0.2, 0) is 4.74 Å². The van der Waals surface area contributed by atoms with Gasteiger partial charge in [0.2, 0.25) is 0 Å². The molecule has 1 saturated heterocycles. The molecule has 0 aliphatic carbocycles. The Kier molecular flexibility index (Phi) is 5.15. The van der Waals surface area contributed by atoms with Crippen molar-refractivity contribution in [3.05, 3.63) is 29.8 Å². The number of ether oxygens (including phenoxy) is 2. The molecule has 1 fully saturated rings. The maximum atomic E-state index is 11.3. The van der Waals surface area contributed by atoms with Crippen molar-refractivity contribution in [2.45, 2.75) is 33.0 Å². The summed E-state index contributed by atoms with van der Waals surface area (Å²) in [6.45, 7) is 9.15. The van der Waals surface area contributed by atoms with Gasteiger partial charge in [-0.1, -0.05) is 12.1 Å². The molecular formula is C16H23NO3. The summed E-state index contributed by atoms with van der Waals surface area (Å²) in [5, 5.41) is 0. The van der Waals surface area contributed by atoms with E-state index in [1.807, 2.05) is 12.1 Å². The van der Waals surface area contributed by atoms with Gasteiger partial charge in [-0.05, 0) is 32.9 Å². The van der Waals surface area contributed by atoms with E-state index in [1.165, 1.54) is 0 Å². The van der Waals surface area contributed by atoms with E-state index in [-0.39, 0.29) is 18.0 Å². The van der Waals surface area contributed by atoms with Crippen LogP contribution in [-0.4, -0.2) is 49.1 Å². The fourth-order valence-corrected chi connectivity index (χ4v) is 2.56. The van der Waals surface area contributed by atoms with Gasteiger partial charge in [0, 0.05) is 25.2 Å². The third-order valence-corrected chi connectivity index (χ3v) is 3.41. The third-order valence-electron chi connectivity index (χ3n) is 3.41. The first kappa shape index (κ1) is 15.0. The fourth-order valence-electron chi connectivity index (χ4n) is 2.56. The molecule has 2 atom stereocenters. The van der Waals surface area contributed by atoms with Gasteiger partial charge in [0.25, 0.3) is 0 Å². The highest BCUT2D eigenvalue weighted by atomic mass is 16.5. The van der Waals surface area contributed by atoms with Gasteiger partial charge >= 0.3 is 0 Å².